The topological polar surface area (TPSA) is 34.9 Å². The molecule has 124 valence electrons. The van der Waals surface area contributed by atoms with Gasteiger partial charge in [-0.3, -0.25) is 4.79 Å². The number of hydrogen-bond acceptors (Lipinski definition) is 2. The Bertz CT molecular complexity index is 755. The van der Waals surface area contributed by atoms with Crippen molar-refractivity contribution in [2.75, 3.05) is 0 Å². The summed E-state index contributed by atoms with van der Waals surface area (Å²) in [5.41, 5.74) is 3.75. The predicted octanol–water partition coefficient (Wildman–Crippen LogP) is 4.72. The van der Waals surface area contributed by atoms with Gasteiger partial charge in [-0.15, -0.1) is 0 Å². The van der Waals surface area contributed by atoms with E-state index in [-0.39, 0.29) is 27.6 Å². The molecule has 4 atom stereocenters. The van der Waals surface area contributed by atoms with Crippen LogP contribution in [0.3, 0.4) is 0 Å². The van der Waals surface area contributed by atoms with Crippen molar-refractivity contribution < 1.29 is 4.79 Å². The van der Waals surface area contributed by atoms with Gasteiger partial charge in [0.25, 0.3) is 5.91 Å². The number of nitrogens with zero attached hydrogens (tertiary/aromatic N) is 2. The first-order chi connectivity index (χ1) is 10.6. The van der Waals surface area contributed by atoms with Gasteiger partial charge in [0.1, 0.15) is 4.49 Å². The van der Waals surface area contributed by atoms with Gasteiger partial charge in [0.2, 0.25) is 0 Å². The molecule has 0 N–H and O–H groups in total. The van der Waals surface area contributed by atoms with E-state index in [0.29, 0.717) is 17.3 Å². The summed E-state index contributed by atoms with van der Waals surface area (Å²) < 4.78 is 1.93. The summed E-state index contributed by atoms with van der Waals surface area (Å²) in [6, 6.07) is 0. The highest BCUT2D eigenvalue weighted by Gasteiger charge is 2.65. The van der Waals surface area contributed by atoms with Gasteiger partial charge in [0, 0.05) is 5.56 Å². The molecule has 0 radical (unpaired) electrons. The van der Waals surface area contributed by atoms with Gasteiger partial charge in [-0.05, 0) is 48.0 Å². The Morgan fingerprint density at radius 2 is 1.91 bits per heavy atom. The molecule has 0 bridgehead atoms. The van der Waals surface area contributed by atoms with Crippen LogP contribution in [0.5, 0.6) is 0 Å². The van der Waals surface area contributed by atoms with Crippen molar-refractivity contribution in [2.45, 2.75) is 47.0 Å². The molecule has 5 heteroatoms. The number of hydrogen-bond donors (Lipinski definition) is 0. The Morgan fingerprint density at radius 1 is 1.26 bits per heavy atom. The van der Waals surface area contributed by atoms with Gasteiger partial charge >= 0.3 is 0 Å². The standard InChI is InChI=1S/C18H22Cl2N2O/c1-8-13-11(6-9-14(13)17(9,2)3)22(21-8)16(23)15-10(7-12(19)20)18(15,4)5/h7,9-10,14-15H,6H2,1-5H3. The molecule has 3 nitrogen and oxygen atoms in total. The van der Waals surface area contributed by atoms with E-state index >= 15 is 0 Å². The number of carbonyl (C=O) groups is 1. The van der Waals surface area contributed by atoms with Crippen LogP contribution in [0.15, 0.2) is 10.6 Å². The molecule has 3 aliphatic carbocycles. The van der Waals surface area contributed by atoms with Gasteiger partial charge in [-0.2, -0.15) is 5.10 Å². The van der Waals surface area contributed by atoms with Crippen molar-refractivity contribution >= 4 is 29.1 Å². The molecule has 2 saturated carbocycles. The molecule has 4 unspecified atom stereocenters. The average molecular weight is 353 g/mol. The number of aromatic nitrogens is 2. The molecule has 1 aromatic heterocycles. The lowest BCUT2D eigenvalue weighted by Crippen LogP contribution is -2.20. The monoisotopic (exact) mass is 352 g/mol. The summed E-state index contributed by atoms with van der Waals surface area (Å²) in [6.07, 6.45) is 2.77. The number of fused-ring (bicyclic) bond motifs is 3. The van der Waals surface area contributed by atoms with Gasteiger partial charge < -0.3 is 0 Å². The van der Waals surface area contributed by atoms with Crippen LogP contribution in [0.4, 0.5) is 0 Å². The van der Waals surface area contributed by atoms with Crippen molar-refractivity contribution in [1.82, 2.24) is 9.78 Å². The number of rotatable bonds is 2. The summed E-state index contributed by atoms with van der Waals surface area (Å²) in [4.78, 5) is 13.1. The van der Waals surface area contributed by atoms with Crippen LogP contribution in [-0.4, -0.2) is 15.7 Å². The Morgan fingerprint density at radius 3 is 2.52 bits per heavy atom. The zero-order chi connectivity index (χ0) is 16.9. The molecular weight excluding hydrogens is 331 g/mol. The lowest BCUT2D eigenvalue weighted by molar-refractivity contribution is 0.0847. The Kier molecular flexibility index (Phi) is 3.02. The first kappa shape index (κ1) is 15.7. The van der Waals surface area contributed by atoms with Gasteiger partial charge in [-0.1, -0.05) is 50.9 Å². The van der Waals surface area contributed by atoms with E-state index in [1.807, 2.05) is 6.92 Å². The number of carbonyl (C=O) groups excluding carboxylic acids is 1. The summed E-state index contributed by atoms with van der Waals surface area (Å²) in [5.74, 6) is 1.35. The molecule has 0 aromatic carbocycles. The molecule has 0 amide bonds. The minimum Gasteiger partial charge on any atom is -0.272 e. The zero-order valence-electron chi connectivity index (χ0n) is 14.2. The Hall–Kier alpha value is -0.800. The van der Waals surface area contributed by atoms with Crippen LogP contribution in [0.2, 0.25) is 0 Å². The van der Waals surface area contributed by atoms with Crippen LogP contribution >= 0.6 is 23.2 Å². The summed E-state index contributed by atoms with van der Waals surface area (Å²) in [7, 11) is 0. The summed E-state index contributed by atoms with van der Waals surface area (Å²) in [6.45, 7) is 10.8. The molecular formula is C18H22Cl2N2O. The molecule has 2 fully saturated rings. The van der Waals surface area contributed by atoms with Crippen LogP contribution < -0.4 is 0 Å². The SMILES string of the molecule is Cc1nn(C(=O)C2C(C=C(Cl)Cl)C2(C)C)c2c1C1C(C2)C1(C)C. The maximum Gasteiger partial charge on any atom is 0.251 e. The van der Waals surface area contributed by atoms with Gasteiger partial charge in [-0.25, -0.2) is 4.68 Å². The lowest BCUT2D eigenvalue weighted by Gasteiger charge is -2.10. The van der Waals surface area contributed by atoms with Crippen LogP contribution in [0, 0.1) is 35.5 Å². The van der Waals surface area contributed by atoms with E-state index in [2.05, 4.69) is 32.8 Å². The third-order valence-electron chi connectivity index (χ3n) is 6.67. The van der Waals surface area contributed by atoms with Gasteiger partial charge in [0.15, 0.2) is 0 Å². The quantitative estimate of drug-likeness (QED) is 0.771. The maximum atomic E-state index is 13.1. The number of allylic oxidation sites excluding steroid dienone is 1. The second-order valence-corrected chi connectivity index (χ2v) is 9.59. The van der Waals surface area contributed by atoms with E-state index in [4.69, 9.17) is 23.2 Å². The van der Waals surface area contributed by atoms with Crippen LogP contribution in [-0.2, 0) is 6.42 Å². The molecule has 23 heavy (non-hydrogen) atoms. The highest BCUT2D eigenvalue weighted by Crippen LogP contribution is 2.70. The molecule has 3 aliphatic rings. The second-order valence-electron chi connectivity index (χ2n) is 8.59. The minimum absolute atomic E-state index is 0.0903. The third kappa shape index (κ3) is 1.96. The third-order valence-corrected chi connectivity index (χ3v) is 6.92. The lowest BCUT2D eigenvalue weighted by atomic mass is 9.98. The first-order valence-corrected chi connectivity index (χ1v) is 8.99. The fraction of sp³-hybridized carbons (Fsp3) is 0.667. The van der Waals surface area contributed by atoms with Crippen molar-refractivity contribution in [2.24, 2.45) is 28.6 Å². The average Bonchev–Trinajstić information content (AvgIpc) is 2.98. The van der Waals surface area contributed by atoms with E-state index in [1.54, 1.807) is 10.8 Å². The van der Waals surface area contributed by atoms with Crippen molar-refractivity contribution in [1.29, 1.82) is 0 Å². The largest absolute Gasteiger partial charge is 0.272 e. The summed E-state index contributed by atoms with van der Waals surface area (Å²) >= 11 is 11.6. The Labute approximate surface area is 147 Å². The van der Waals surface area contributed by atoms with Crippen LogP contribution in [0.25, 0.3) is 0 Å². The molecule has 0 aliphatic heterocycles. The van der Waals surface area contributed by atoms with Crippen molar-refractivity contribution in [3.05, 3.63) is 27.5 Å². The fourth-order valence-corrected chi connectivity index (χ4v) is 5.28. The highest BCUT2D eigenvalue weighted by atomic mass is 35.5. The van der Waals surface area contributed by atoms with E-state index in [0.717, 1.165) is 17.8 Å². The van der Waals surface area contributed by atoms with E-state index in [1.165, 1.54) is 5.56 Å². The molecule has 0 saturated heterocycles. The maximum absolute atomic E-state index is 13.1. The zero-order valence-corrected chi connectivity index (χ0v) is 15.7. The molecule has 1 heterocycles. The molecule has 4 rings (SSSR count). The van der Waals surface area contributed by atoms with E-state index < -0.39 is 0 Å². The first-order valence-electron chi connectivity index (χ1n) is 8.24. The highest BCUT2D eigenvalue weighted by molar-refractivity contribution is 6.55. The Balaban J connectivity index is 1.67. The predicted molar refractivity (Wildman–Crippen MR) is 91.9 cm³/mol. The van der Waals surface area contributed by atoms with Gasteiger partial charge in [0.05, 0.1) is 17.3 Å². The van der Waals surface area contributed by atoms with Crippen molar-refractivity contribution in [3.8, 4) is 0 Å². The van der Waals surface area contributed by atoms with Crippen molar-refractivity contribution in [3.63, 3.8) is 0 Å². The normalized spacial score (nSPS) is 34.6. The van der Waals surface area contributed by atoms with Crippen LogP contribution in [0.1, 0.15) is 55.4 Å². The molecule has 0 spiro atoms. The minimum atomic E-state index is -0.111. The second kappa shape index (κ2) is 4.43. The number of halogens is 2. The smallest absolute Gasteiger partial charge is 0.251 e. The number of aryl methyl sites for hydroxylation is 1. The summed E-state index contributed by atoms with van der Waals surface area (Å²) in [5, 5.41) is 4.60. The van der Waals surface area contributed by atoms with E-state index in [9.17, 15) is 4.79 Å². The molecule has 1 aromatic rings. The fourth-order valence-electron chi connectivity index (χ4n) is 5.00.